The van der Waals surface area contributed by atoms with Crippen molar-refractivity contribution in [1.82, 2.24) is 9.80 Å². The zero-order chi connectivity index (χ0) is 19.6. The third-order valence-electron chi connectivity index (χ3n) is 6.78. The standard InChI is InChI=1S/C22H33N3O3/c1-28-20-8-6-18(7-9-20)23-13-15-24(16-14-23)19-5-4-12-25(17-19)21(26)22(27)10-2-3-11-22/h6-9,19,27H,2-5,10-17H2,1H3/t19-/m1/s1. The van der Waals surface area contributed by atoms with Gasteiger partial charge in [0.05, 0.1) is 7.11 Å². The quantitative estimate of drug-likeness (QED) is 0.858. The first-order valence-electron chi connectivity index (χ1n) is 10.7. The number of ether oxygens (including phenoxy) is 1. The van der Waals surface area contributed by atoms with Gasteiger partial charge in [-0.1, -0.05) is 0 Å². The van der Waals surface area contributed by atoms with Gasteiger partial charge in [0.1, 0.15) is 11.4 Å². The second-order valence-corrected chi connectivity index (χ2v) is 8.51. The normalized spacial score (nSPS) is 25.7. The van der Waals surface area contributed by atoms with E-state index in [-0.39, 0.29) is 5.91 Å². The van der Waals surface area contributed by atoms with E-state index >= 15 is 0 Å². The van der Waals surface area contributed by atoms with Crippen molar-refractivity contribution in [2.75, 3.05) is 51.3 Å². The van der Waals surface area contributed by atoms with Crippen molar-refractivity contribution >= 4 is 11.6 Å². The molecule has 6 nitrogen and oxygen atoms in total. The second-order valence-electron chi connectivity index (χ2n) is 8.51. The van der Waals surface area contributed by atoms with Gasteiger partial charge in [0.2, 0.25) is 0 Å². The minimum atomic E-state index is -1.09. The zero-order valence-electron chi connectivity index (χ0n) is 17.0. The van der Waals surface area contributed by atoms with E-state index in [0.717, 1.165) is 70.7 Å². The maximum atomic E-state index is 12.9. The number of hydrogen-bond acceptors (Lipinski definition) is 5. The molecule has 0 radical (unpaired) electrons. The Hall–Kier alpha value is -1.79. The number of benzene rings is 1. The van der Waals surface area contributed by atoms with E-state index in [1.807, 2.05) is 17.0 Å². The van der Waals surface area contributed by atoms with Crippen molar-refractivity contribution in [2.24, 2.45) is 0 Å². The van der Waals surface area contributed by atoms with Gasteiger partial charge in [-0.05, 0) is 62.8 Å². The molecule has 0 spiro atoms. The molecule has 3 fully saturated rings. The molecule has 28 heavy (non-hydrogen) atoms. The molecule has 0 unspecified atom stereocenters. The average Bonchev–Trinajstić information content (AvgIpc) is 3.21. The van der Waals surface area contributed by atoms with Crippen LogP contribution in [-0.4, -0.2) is 78.8 Å². The lowest BCUT2D eigenvalue weighted by atomic mass is 9.96. The summed E-state index contributed by atoms with van der Waals surface area (Å²) < 4.78 is 5.25. The Labute approximate surface area is 168 Å². The van der Waals surface area contributed by atoms with Crippen molar-refractivity contribution in [3.8, 4) is 5.75 Å². The second kappa shape index (κ2) is 8.29. The smallest absolute Gasteiger partial charge is 0.254 e. The van der Waals surface area contributed by atoms with Crippen LogP contribution in [0.25, 0.3) is 0 Å². The summed E-state index contributed by atoms with van der Waals surface area (Å²) in [5, 5.41) is 10.7. The molecule has 2 aliphatic heterocycles. The molecular formula is C22H33N3O3. The molecule has 4 rings (SSSR count). The van der Waals surface area contributed by atoms with Gasteiger partial charge in [-0.15, -0.1) is 0 Å². The largest absolute Gasteiger partial charge is 0.497 e. The first-order valence-corrected chi connectivity index (χ1v) is 10.7. The summed E-state index contributed by atoms with van der Waals surface area (Å²) in [5.74, 6) is 0.866. The van der Waals surface area contributed by atoms with Crippen LogP contribution in [0.2, 0.25) is 0 Å². The van der Waals surface area contributed by atoms with Crippen molar-refractivity contribution in [3.05, 3.63) is 24.3 Å². The number of piperazine rings is 1. The Morgan fingerprint density at radius 2 is 1.71 bits per heavy atom. The Balaban J connectivity index is 1.32. The van der Waals surface area contributed by atoms with Crippen LogP contribution in [0, 0.1) is 0 Å². The van der Waals surface area contributed by atoms with E-state index in [1.54, 1.807) is 7.11 Å². The maximum absolute atomic E-state index is 12.9. The number of anilines is 1. The first kappa shape index (κ1) is 19.5. The summed E-state index contributed by atoms with van der Waals surface area (Å²) in [6.45, 7) is 5.60. The first-order chi connectivity index (χ1) is 13.6. The Bertz CT molecular complexity index is 664. The molecule has 3 aliphatic rings. The van der Waals surface area contributed by atoms with Crippen LogP contribution in [0.5, 0.6) is 5.75 Å². The molecule has 1 N–H and O–H groups in total. The van der Waals surface area contributed by atoms with Crippen molar-refractivity contribution in [2.45, 2.75) is 50.2 Å². The van der Waals surface area contributed by atoms with Gasteiger partial charge >= 0.3 is 0 Å². The molecular weight excluding hydrogens is 354 g/mol. The van der Waals surface area contributed by atoms with E-state index in [1.165, 1.54) is 5.69 Å². The van der Waals surface area contributed by atoms with E-state index in [0.29, 0.717) is 18.9 Å². The van der Waals surface area contributed by atoms with Crippen molar-refractivity contribution in [1.29, 1.82) is 0 Å². The summed E-state index contributed by atoms with van der Waals surface area (Å²) in [6.07, 6.45) is 5.37. The Morgan fingerprint density at radius 1 is 1.04 bits per heavy atom. The van der Waals surface area contributed by atoms with E-state index < -0.39 is 5.60 Å². The molecule has 2 saturated heterocycles. The van der Waals surface area contributed by atoms with E-state index in [4.69, 9.17) is 4.74 Å². The van der Waals surface area contributed by atoms with Crippen LogP contribution in [0.4, 0.5) is 5.69 Å². The van der Waals surface area contributed by atoms with Gasteiger partial charge in [-0.2, -0.15) is 0 Å². The molecule has 1 aliphatic carbocycles. The minimum absolute atomic E-state index is 0.0217. The average molecular weight is 388 g/mol. The molecule has 0 bridgehead atoms. The highest BCUT2D eigenvalue weighted by Gasteiger charge is 2.43. The van der Waals surface area contributed by atoms with Gasteiger partial charge in [-0.25, -0.2) is 0 Å². The van der Waals surface area contributed by atoms with Crippen LogP contribution in [0.15, 0.2) is 24.3 Å². The lowest BCUT2D eigenvalue weighted by Crippen LogP contribution is -2.58. The number of carbonyl (C=O) groups is 1. The van der Waals surface area contributed by atoms with E-state index in [9.17, 15) is 9.90 Å². The number of methoxy groups -OCH3 is 1. The Morgan fingerprint density at radius 3 is 2.36 bits per heavy atom. The van der Waals surface area contributed by atoms with Crippen LogP contribution in [-0.2, 0) is 4.79 Å². The predicted molar refractivity (Wildman–Crippen MR) is 110 cm³/mol. The molecule has 1 saturated carbocycles. The molecule has 0 aromatic heterocycles. The topological polar surface area (TPSA) is 56.2 Å². The molecule has 1 aromatic carbocycles. The lowest BCUT2D eigenvalue weighted by Gasteiger charge is -2.45. The number of hydrogen-bond donors (Lipinski definition) is 1. The molecule has 1 aromatic rings. The summed E-state index contributed by atoms with van der Waals surface area (Å²) >= 11 is 0. The highest BCUT2D eigenvalue weighted by molar-refractivity contribution is 5.85. The zero-order valence-corrected chi connectivity index (χ0v) is 17.0. The number of carbonyl (C=O) groups excluding carboxylic acids is 1. The fourth-order valence-electron chi connectivity index (χ4n) is 5.04. The van der Waals surface area contributed by atoms with Crippen LogP contribution in [0.3, 0.4) is 0 Å². The highest BCUT2D eigenvalue weighted by Crippen LogP contribution is 2.32. The number of piperidine rings is 1. The van der Waals surface area contributed by atoms with Gasteiger partial charge in [0, 0.05) is 51.0 Å². The summed E-state index contributed by atoms with van der Waals surface area (Å²) in [5.41, 5.74) is 0.152. The monoisotopic (exact) mass is 387 g/mol. The van der Waals surface area contributed by atoms with Crippen LogP contribution >= 0.6 is 0 Å². The maximum Gasteiger partial charge on any atom is 0.254 e. The molecule has 2 heterocycles. The number of nitrogens with zero attached hydrogens (tertiary/aromatic N) is 3. The third-order valence-corrected chi connectivity index (χ3v) is 6.78. The fraction of sp³-hybridized carbons (Fsp3) is 0.682. The SMILES string of the molecule is COc1ccc(N2CCN([C@@H]3CCCN(C(=O)C4(O)CCCC4)C3)CC2)cc1. The highest BCUT2D eigenvalue weighted by atomic mass is 16.5. The van der Waals surface area contributed by atoms with Gasteiger partial charge < -0.3 is 19.6 Å². The lowest BCUT2D eigenvalue weighted by molar-refractivity contribution is -0.153. The number of rotatable bonds is 4. The van der Waals surface area contributed by atoms with Gasteiger partial charge in [-0.3, -0.25) is 9.69 Å². The molecule has 1 amide bonds. The van der Waals surface area contributed by atoms with Crippen molar-refractivity contribution < 1.29 is 14.6 Å². The number of likely N-dealkylation sites (tertiary alicyclic amines) is 1. The number of aliphatic hydroxyl groups is 1. The third kappa shape index (κ3) is 3.98. The number of amides is 1. The van der Waals surface area contributed by atoms with Crippen LogP contribution in [0.1, 0.15) is 38.5 Å². The molecule has 154 valence electrons. The van der Waals surface area contributed by atoms with Crippen molar-refractivity contribution in [3.63, 3.8) is 0 Å². The van der Waals surface area contributed by atoms with Gasteiger partial charge in [0.15, 0.2) is 0 Å². The predicted octanol–water partition coefficient (Wildman–Crippen LogP) is 2.11. The minimum Gasteiger partial charge on any atom is -0.497 e. The fourth-order valence-corrected chi connectivity index (χ4v) is 5.04. The summed E-state index contributed by atoms with van der Waals surface area (Å²) in [4.78, 5) is 19.8. The van der Waals surface area contributed by atoms with E-state index in [2.05, 4.69) is 21.9 Å². The Kier molecular flexibility index (Phi) is 5.78. The molecule has 6 heteroatoms. The van der Waals surface area contributed by atoms with Gasteiger partial charge in [0.25, 0.3) is 5.91 Å². The summed E-state index contributed by atoms with van der Waals surface area (Å²) in [7, 11) is 1.69. The van der Waals surface area contributed by atoms with Crippen LogP contribution < -0.4 is 9.64 Å². The molecule has 1 atom stereocenters. The summed E-state index contributed by atoms with van der Waals surface area (Å²) in [6, 6.07) is 8.69.